The van der Waals surface area contributed by atoms with Gasteiger partial charge in [0.15, 0.2) is 0 Å². The first kappa shape index (κ1) is 32.4. The number of unbranched alkanes of at least 4 members (excludes halogenated alkanes) is 1. The first-order valence-electron chi connectivity index (χ1n) is 16.0. The molecule has 0 spiro atoms. The Hall–Kier alpha value is -5.04. The molecule has 4 aromatic carbocycles. The number of hydrogen-bond acceptors (Lipinski definition) is 5. The molecule has 0 aromatic heterocycles. The van der Waals surface area contributed by atoms with E-state index in [0.29, 0.717) is 13.0 Å². The third kappa shape index (κ3) is 9.48. The van der Waals surface area contributed by atoms with Gasteiger partial charge in [-0.3, -0.25) is 4.79 Å². The normalized spacial score (nSPS) is 13.9. The average molecular weight is 619 g/mol. The Bertz CT molecular complexity index is 1580. The minimum atomic E-state index is -0.943. The Morgan fingerprint density at radius 2 is 1.33 bits per heavy atom. The summed E-state index contributed by atoms with van der Waals surface area (Å²) in [7, 11) is 0. The summed E-state index contributed by atoms with van der Waals surface area (Å²) in [6.45, 7) is 4.43. The van der Waals surface area contributed by atoms with Gasteiger partial charge in [0.1, 0.15) is 12.4 Å². The van der Waals surface area contributed by atoms with Gasteiger partial charge in [0.05, 0.1) is 5.56 Å². The quantitative estimate of drug-likeness (QED) is 0.131. The number of benzene rings is 4. The van der Waals surface area contributed by atoms with E-state index in [1.54, 1.807) is 12.1 Å². The lowest BCUT2D eigenvalue weighted by Crippen LogP contribution is -2.46. The van der Waals surface area contributed by atoms with Gasteiger partial charge in [-0.25, -0.2) is 4.79 Å². The van der Waals surface area contributed by atoms with Crippen molar-refractivity contribution in [3.8, 4) is 5.75 Å². The molecule has 1 fully saturated rings. The maximum absolute atomic E-state index is 11.3. The SMILES string of the molecule is O=C(O)CCCCC(C=Cc1ccccc1OCc1ccc(N2CCN(c3ccccc3)CC2)cc1)Cc1ccc(C(=O)O)cc1. The molecular formula is C39H42N2O5. The fourth-order valence-electron chi connectivity index (χ4n) is 5.85. The second kappa shape index (κ2) is 16.3. The van der Waals surface area contributed by atoms with Crippen LogP contribution in [0, 0.1) is 5.92 Å². The van der Waals surface area contributed by atoms with E-state index in [2.05, 4.69) is 76.5 Å². The highest BCUT2D eigenvalue weighted by Gasteiger charge is 2.17. The Labute approximate surface area is 271 Å². The third-order valence-electron chi connectivity index (χ3n) is 8.48. The van der Waals surface area contributed by atoms with Crippen molar-refractivity contribution in [3.63, 3.8) is 0 Å². The second-order valence-corrected chi connectivity index (χ2v) is 11.8. The van der Waals surface area contributed by atoms with Crippen LogP contribution in [0.3, 0.4) is 0 Å². The number of aromatic carboxylic acids is 1. The number of rotatable bonds is 15. The Morgan fingerprint density at radius 1 is 0.717 bits per heavy atom. The number of anilines is 2. The maximum Gasteiger partial charge on any atom is 0.335 e. The van der Waals surface area contributed by atoms with E-state index in [9.17, 15) is 14.7 Å². The molecule has 5 rings (SSSR count). The lowest BCUT2D eigenvalue weighted by atomic mass is 9.92. The van der Waals surface area contributed by atoms with Crippen LogP contribution in [0.25, 0.3) is 6.08 Å². The number of aliphatic carboxylic acids is 1. The summed E-state index contributed by atoms with van der Waals surface area (Å²) >= 11 is 0. The van der Waals surface area contributed by atoms with Crippen molar-refractivity contribution >= 4 is 29.4 Å². The number of hydrogen-bond donors (Lipinski definition) is 2. The predicted octanol–water partition coefficient (Wildman–Crippen LogP) is 7.81. The number of nitrogens with zero attached hydrogens (tertiary/aromatic N) is 2. The van der Waals surface area contributed by atoms with E-state index in [4.69, 9.17) is 9.84 Å². The van der Waals surface area contributed by atoms with Gasteiger partial charge in [-0.1, -0.05) is 79.2 Å². The zero-order chi connectivity index (χ0) is 32.1. The van der Waals surface area contributed by atoms with Crippen molar-refractivity contribution in [1.29, 1.82) is 0 Å². The van der Waals surface area contributed by atoms with Crippen LogP contribution in [-0.2, 0) is 17.8 Å². The highest BCUT2D eigenvalue weighted by molar-refractivity contribution is 5.87. The van der Waals surface area contributed by atoms with Crippen molar-refractivity contribution in [2.75, 3.05) is 36.0 Å². The molecule has 238 valence electrons. The van der Waals surface area contributed by atoms with Gasteiger partial charge in [0, 0.05) is 49.5 Å². The summed E-state index contributed by atoms with van der Waals surface area (Å²) in [5.41, 5.74) is 5.90. The van der Waals surface area contributed by atoms with Gasteiger partial charge in [-0.05, 0) is 78.8 Å². The molecule has 7 heteroatoms. The second-order valence-electron chi connectivity index (χ2n) is 11.8. The molecule has 1 aliphatic rings. The van der Waals surface area contributed by atoms with Crippen molar-refractivity contribution in [3.05, 3.63) is 131 Å². The molecule has 0 bridgehead atoms. The van der Waals surface area contributed by atoms with Crippen LogP contribution in [-0.4, -0.2) is 48.3 Å². The van der Waals surface area contributed by atoms with Crippen molar-refractivity contribution in [2.24, 2.45) is 5.92 Å². The maximum atomic E-state index is 11.3. The molecule has 1 atom stereocenters. The zero-order valence-electron chi connectivity index (χ0n) is 26.1. The number of ether oxygens (including phenoxy) is 1. The lowest BCUT2D eigenvalue weighted by molar-refractivity contribution is -0.137. The Morgan fingerprint density at radius 3 is 1.98 bits per heavy atom. The number of carboxylic acid groups (broad SMARTS) is 2. The van der Waals surface area contributed by atoms with Crippen LogP contribution in [0.5, 0.6) is 5.75 Å². The molecule has 1 heterocycles. The fourth-order valence-corrected chi connectivity index (χ4v) is 5.85. The van der Waals surface area contributed by atoms with Gasteiger partial charge in [0.25, 0.3) is 0 Å². The highest BCUT2D eigenvalue weighted by Crippen LogP contribution is 2.26. The predicted molar refractivity (Wildman–Crippen MR) is 184 cm³/mol. The number of piperazine rings is 1. The van der Waals surface area contributed by atoms with Crippen LogP contribution < -0.4 is 14.5 Å². The van der Waals surface area contributed by atoms with Gasteiger partial charge < -0.3 is 24.7 Å². The molecule has 1 unspecified atom stereocenters. The van der Waals surface area contributed by atoms with Gasteiger partial charge >= 0.3 is 11.9 Å². The smallest absolute Gasteiger partial charge is 0.335 e. The zero-order valence-corrected chi connectivity index (χ0v) is 26.1. The third-order valence-corrected chi connectivity index (χ3v) is 8.48. The number of carboxylic acids is 2. The summed E-state index contributed by atoms with van der Waals surface area (Å²) in [5.74, 6) is -0.754. The molecule has 0 saturated carbocycles. The number of allylic oxidation sites excluding steroid dienone is 1. The Balaban J connectivity index is 1.18. The highest BCUT2D eigenvalue weighted by atomic mass is 16.5. The summed E-state index contributed by atoms with van der Waals surface area (Å²) in [5, 5.41) is 18.3. The van der Waals surface area contributed by atoms with Crippen LogP contribution in [0.2, 0.25) is 0 Å². The minimum absolute atomic E-state index is 0.159. The Kier molecular flexibility index (Phi) is 11.5. The van der Waals surface area contributed by atoms with E-state index >= 15 is 0 Å². The standard InChI is InChI=1S/C39H42N2O5/c42-38(43)13-7-4-8-30(28-31-15-20-34(21-16-31)39(44)45)14-19-33-9-5-6-12-37(33)46-29-32-17-22-36(23-18-32)41-26-24-40(25-27-41)35-10-2-1-3-11-35/h1-3,5-6,9-12,14-23,30H,4,7-8,13,24-29H2,(H,42,43)(H,44,45). The van der Waals surface area contributed by atoms with Gasteiger partial charge in [-0.15, -0.1) is 0 Å². The van der Waals surface area contributed by atoms with E-state index in [0.717, 1.165) is 67.9 Å². The number of para-hydroxylation sites is 2. The average Bonchev–Trinajstić information content (AvgIpc) is 3.09. The molecular weight excluding hydrogens is 576 g/mol. The number of carbonyl (C=O) groups is 2. The summed E-state index contributed by atoms with van der Waals surface area (Å²) in [6.07, 6.45) is 7.40. The van der Waals surface area contributed by atoms with E-state index in [1.807, 2.05) is 36.4 Å². The molecule has 1 aliphatic heterocycles. The van der Waals surface area contributed by atoms with Crippen LogP contribution >= 0.6 is 0 Å². The molecule has 0 radical (unpaired) electrons. The first-order chi connectivity index (χ1) is 22.4. The van der Waals surface area contributed by atoms with Crippen molar-refractivity contribution in [2.45, 2.75) is 38.7 Å². The van der Waals surface area contributed by atoms with E-state index in [-0.39, 0.29) is 17.9 Å². The topological polar surface area (TPSA) is 90.3 Å². The van der Waals surface area contributed by atoms with E-state index < -0.39 is 11.9 Å². The minimum Gasteiger partial charge on any atom is -0.488 e. The fraction of sp³-hybridized carbons (Fsp3) is 0.282. The van der Waals surface area contributed by atoms with Crippen LogP contribution in [0.4, 0.5) is 11.4 Å². The molecule has 0 amide bonds. The monoisotopic (exact) mass is 618 g/mol. The van der Waals surface area contributed by atoms with Gasteiger partial charge in [-0.2, -0.15) is 0 Å². The molecule has 4 aromatic rings. The first-order valence-corrected chi connectivity index (χ1v) is 16.0. The van der Waals surface area contributed by atoms with Crippen LogP contribution in [0.1, 0.15) is 52.7 Å². The molecule has 0 aliphatic carbocycles. The summed E-state index contributed by atoms with van der Waals surface area (Å²) in [4.78, 5) is 27.1. The molecule has 7 nitrogen and oxygen atoms in total. The summed E-state index contributed by atoms with van der Waals surface area (Å²) in [6, 6.07) is 34.2. The van der Waals surface area contributed by atoms with E-state index in [1.165, 1.54) is 11.4 Å². The molecule has 46 heavy (non-hydrogen) atoms. The molecule has 2 N–H and O–H groups in total. The largest absolute Gasteiger partial charge is 0.488 e. The lowest BCUT2D eigenvalue weighted by Gasteiger charge is -2.37. The molecule has 1 saturated heterocycles. The van der Waals surface area contributed by atoms with Gasteiger partial charge in [0.2, 0.25) is 0 Å². The summed E-state index contributed by atoms with van der Waals surface area (Å²) < 4.78 is 6.29. The van der Waals surface area contributed by atoms with Crippen LogP contribution in [0.15, 0.2) is 109 Å². The van der Waals surface area contributed by atoms with Crippen molar-refractivity contribution in [1.82, 2.24) is 0 Å². The van der Waals surface area contributed by atoms with Crippen molar-refractivity contribution < 1.29 is 24.5 Å².